The monoisotopic (exact) mass is 271 g/mol. The van der Waals surface area contributed by atoms with Gasteiger partial charge in [0.25, 0.3) is 0 Å². The van der Waals surface area contributed by atoms with Gasteiger partial charge in [-0.15, -0.1) is 0 Å². The molecule has 0 N–H and O–H groups in total. The van der Waals surface area contributed by atoms with Gasteiger partial charge in [0, 0.05) is 18.0 Å². The average Bonchev–Trinajstić information content (AvgIpc) is 2.48. The lowest BCUT2D eigenvalue weighted by Gasteiger charge is -2.06. The van der Waals surface area contributed by atoms with Crippen molar-refractivity contribution in [2.24, 2.45) is 0 Å². The normalized spacial score (nSPS) is 10.7. The predicted molar refractivity (Wildman–Crippen MR) is 80.5 cm³/mol. The number of ether oxygens (including phenoxy) is 1. The number of unbranched alkanes of at least 4 members (excludes halogenated alkanes) is 1. The molecule has 2 rings (SSSR count). The minimum atomic E-state index is -0.0911. The highest BCUT2D eigenvalue weighted by Crippen LogP contribution is 2.17. The molecule has 0 amide bonds. The van der Waals surface area contributed by atoms with Crippen molar-refractivity contribution >= 4 is 16.9 Å². The molecule has 0 saturated carbocycles. The van der Waals surface area contributed by atoms with Crippen molar-refractivity contribution in [3.8, 4) is 0 Å². The lowest BCUT2D eigenvalue weighted by Crippen LogP contribution is -2.06. The number of benzene rings is 1. The Morgan fingerprint density at radius 3 is 2.90 bits per heavy atom. The zero-order valence-corrected chi connectivity index (χ0v) is 12.0. The van der Waals surface area contributed by atoms with Crippen LogP contribution in [0.3, 0.4) is 0 Å². The lowest BCUT2D eigenvalue weighted by atomic mass is 10.0. The third-order valence-corrected chi connectivity index (χ3v) is 3.30. The molecule has 2 aromatic rings. The van der Waals surface area contributed by atoms with E-state index in [2.05, 4.69) is 30.1 Å². The summed E-state index contributed by atoms with van der Waals surface area (Å²) in [5.41, 5.74) is 2.24. The summed E-state index contributed by atoms with van der Waals surface area (Å²) in [5, 5.41) is 1.15. The number of aromatic nitrogens is 1. The van der Waals surface area contributed by atoms with Crippen molar-refractivity contribution in [2.45, 2.75) is 39.0 Å². The van der Waals surface area contributed by atoms with Crippen LogP contribution in [0.25, 0.3) is 10.9 Å². The third kappa shape index (κ3) is 4.05. The second kappa shape index (κ2) is 7.63. The van der Waals surface area contributed by atoms with Gasteiger partial charge in [-0.05, 0) is 30.9 Å². The largest absolute Gasteiger partial charge is 0.466 e. The van der Waals surface area contributed by atoms with Gasteiger partial charge in [-0.1, -0.05) is 37.6 Å². The van der Waals surface area contributed by atoms with Crippen LogP contribution in [0, 0.1) is 0 Å². The zero-order valence-electron chi connectivity index (χ0n) is 12.0. The molecule has 0 aliphatic heterocycles. The number of nitrogens with zero attached hydrogens (tertiary/aromatic N) is 1. The smallest absolute Gasteiger partial charge is 0.305 e. The number of pyridine rings is 1. The van der Waals surface area contributed by atoms with Crippen LogP contribution in [0.1, 0.15) is 38.2 Å². The number of hydrogen-bond acceptors (Lipinski definition) is 3. The van der Waals surface area contributed by atoms with Crippen LogP contribution in [0.4, 0.5) is 0 Å². The van der Waals surface area contributed by atoms with E-state index in [1.54, 1.807) is 0 Å². The first-order chi connectivity index (χ1) is 9.81. The van der Waals surface area contributed by atoms with E-state index in [-0.39, 0.29) is 5.97 Å². The number of para-hydroxylation sites is 1. The van der Waals surface area contributed by atoms with Gasteiger partial charge in [-0.2, -0.15) is 0 Å². The van der Waals surface area contributed by atoms with Crippen molar-refractivity contribution in [1.29, 1.82) is 0 Å². The molecule has 0 atom stereocenters. The number of rotatable bonds is 7. The maximum Gasteiger partial charge on any atom is 0.305 e. The Balaban J connectivity index is 1.85. The van der Waals surface area contributed by atoms with Crippen molar-refractivity contribution in [3.05, 3.63) is 42.1 Å². The Morgan fingerprint density at radius 2 is 2.05 bits per heavy atom. The summed E-state index contributed by atoms with van der Waals surface area (Å²) in [7, 11) is 0. The number of carbonyl (C=O) groups excluding carboxylic acids is 1. The van der Waals surface area contributed by atoms with E-state index >= 15 is 0 Å². The molecule has 20 heavy (non-hydrogen) atoms. The fourth-order valence-electron chi connectivity index (χ4n) is 2.19. The highest BCUT2D eigenvalue weighted by molar-refractivity contribution is 5.81. The number of carbonyl (C=O) groups is 1. The molecule has 3 heteroatoms. The molecule has 0 aliphatic carbocycles. The summed E-state index contributed by atoms with van der Waals surface area (Å²) in [5.74, 6) is -0.0911. The second-order valence-corrected chi connectivity index (χ2v) is 4.92. The first-order valence-corrected chi connectivity index (χ1v) is 7.29. The van der Waals surface area contributed by atoms with Gasteiger partial charge in [0.15, 0.2) is 0 Å². The Hall–Kier alpha value is -1.90. The zero-order chi connectivity index (χ0) is 14.2. The summed E-state index contributed by atoms with van der Waals surface area (Å²) in [4.78, 5) is 16.0. The van der Waals surface area contributed by atoms with E-state index < -0.39 is 0 Å². The highest BCUT2D eigenvalue weighted by Gasteiger charge is 2.05. The maximum atomic E-state index is 11.5. The predicted octanol–water partition coefficient (Wildman–Crippen LogP) is 3.90. The van der Waals surface area contributed by atoms with Crippen LogP contribution in [0.15, 0.2) is 36.5 Å². The van der Waals surface area contributed by atoms with Crippen molar-refractivity contribution in [3.63, 3.8) is 0 Å². The molecule has 0 saturated heterocycles. The molecular formula is C17H21NO2. The molecule has 0 fully saturated rings. The van der Waals surface area contributed by atoms with E-state index in [0.29, 0.717) is 13.0 Å². The average molecular weight is 271 g/mol. The molecule has 106 valence electrons. The van der Waals surface area contributed by atoms with Crippen LogP contribution in [-0.4, -0.2) is 17.6 Å². The molecule has 1 aromatic carbocycles. The summed E-state index contributed by atoms with van der Waals surface area (Å²) in [6.45, 7) is 2.63. The number of fused-ring (bicyclic) bond motifs is 1. The Morgan fingerprint density at radius 1 is 1.20 bits per heavy atom. The highest BCUT2D eigenvalue weighted by atomic mass is 16.5. The number of aryl methyl sites for hydroxylation is 1. The van der Waals surface area contributed by atoms with Crippen LogP contribution >= 0.6 is 0 Å². The topological polar surface area (TPSA) is 39.2 Å². The molecule has 0 bridgehead atoms. The number of hydrogen-bond donors (Lipinski definition) is 0. The molecule has 0 unspecified atom stereocenters. The minimum absolute atomic E-state index is 0.0911. The Labute approximate surface area is 120 Å². The fourth-order valence-corrected chi connectivity index (χ4v) is 2.19. The summed E-state index contributed by atoms with van der Waals surface area (Å²) in [6, 6.07) is 10.2. The molecule has 0 spiro atoms. The molecule has 0 aliphatic rings. The summed E-state index contributed by atoms with van der Waals surface area (Å²) in [6.07, 6.45) is 5.95. The SMILES string of the molecule is CCCCOC(=O)CCCc1cccc2cccnc12. The van der Waals surface area contributed by atoms with Gasteiger partial charge in [0.05, 0.1) is 12.1 Å². The van der Waals surface area contributed by atoms with Gasteiger partial charge in [0.2, 0.25) is 0 Å². The Bertz CT molecular complexity index is 560. The third-order valence-electron chi connectivity index (χ3n) is 3.30. The molecular weight excluding hydrogens is 250 g/mol. The molecule has 1 heterocycles. The minimum Gasteiger partial charge on any atom is -0.466 e. The molecule has 0 radical (unpaired) electrons. The van der Waals surface area contributed by atoms with Crippen LogP contribution in [-0.2, 0) is 16.0 Å². The Kier molecular flexibility index (Phi) is 5.54. The van der Waals surface area contributed by atoms with E-state index in [1.165, 1.54) is 5.56 Å². The first kappa shape index (κ1) is 14.5. The van der Waals surface area contributed by atoms with Crippen molar-refractivity contribution in [1.82, 2.24) is 4.98 Å². The van der Waals surface area contributed by atoms with Crippen molar-refractivity contribution < 1.29 is 9.53 Å². The summed E-state index contributed by atoms with van der Waals surface area (Å²) >= 11 is 0. The first-order valence-electron chi connectivity index (χ1n) is 7.29. The maximum absolute atomic E-state index is 11.5. The van der Waals surface area contributed by atoms with Crippen LogP contribution in [0.2, 0.25) is 0 Å². The lowest BCUT2D eigenvalue weighted by molar-refractivity contribution is -0.143. The van der Waals surface area contributed by atoms with E-state index in [4.69, 9.17) is 4.74 Å². The standard InChI is InChI=1S/C17H21NO2/c1-2-3-13-20-16(19)11-5-9-14-7-4-8-15-10-6-12-18-17(14)15/h4,6-8,10,12H,2-3,5,9,11,13H2,1H3. The van der Waals surface area contributed by atoms with Gasteiger partial charge >= 0.3 is 5.97 Å². The van der Waals surface area contributed by atoms with Gasteiger partial charge < -0.3 is 4.74 Å². The van der Waals surface area contributed by atoms with Crippen molar-refractivity contribution in [2.75, 3.05) is 6.61 Å². The van der Waals surface area contributed by atoms with E-state index in [9.17, 15) is 4.79 Å². The van der Waals surface area contributed by atoms with Gasteiger partial charge in [-0.25, -0.2) is 0 Å². The van der Waals surface area contributed by atoms with Crippen LogP contribution in [0.5, 0.6) is 0 Å². The van der Waals surface area contributed by atoms with E-state index in [0.717, 1.165) is 36.6 Å². The number of esters is 1. The quantitative estimate of drug-likeness (QED) is 0.566. The van der Waals surface area contributed by atoms with Gasteiger partial charge in [0.1, 0.15) is 0 Å². The van der Waals surface area contributed by atoms with Gasteiger partial charge in [-0.3, -0.25) is 9.78 Å². The van der Waals surface area contributed by atoms with E-state index in [1.807, 2.05) is 18.3 Å². The second-order valence-electron chi connectivity index (χ2n) is 4.92. The molecule has 3 nitrogen and oxygen atoms in total. The summed E-state index contributed by atoms with van der Waals surface area (Å²) < 4.78 is 5.15. The van der Waals surface area contributed by atoms with Crippen LogP contribution < -0.4 is 0 Å². The molecule has 1 aromatic heterocycles. The fraction of sp³-hybridized carbons (Fsp3) is 0.412.